The van der Waals surface area contributed by atoms with E-state index in [1.165, 1.54) is 32.4 Å². The van der Waals surface area contributed by atoms with E-state index in [9.17, 15) is 0 Å². The summed E-state index contributed by atoms with van der Waals surface area (Å²) in [4.78, 5) is 0. The van der Waals surface area contributed by atoms with Gasteiger partial charge in [0.15, 0.2) is 0 Å². The fourth-order valence-electron chi connectivity index (χ4n) is 0.802. The molecule has 1 heterocycles. The Hall–Kier alpha value is 0.583. The normalized spacial score (nSPS) is 20.6. The fourth-order valence-corrected chi connectivity index (χ4v) is 0.802. The number of hydrogen-bond acceptors (Lipinski definition) is 1. The molecule has 0 unspecified atom stereocenters. The Morgan fingerprint density at radius 1 is 0.857 bits per heavy atom. The molecule has 1 fully saturated rings. The molecular weight excluding hydrogens is 175 g/mol. The summed E-state index contributed by atoms with van der Waals surface area (Å²) in [7, 11) is 0. The van der Waals surface area contributed by atoms with E-state index >= 15 is 0 Å². The van der Waals surface area contributed by atoms with Crippen molar-refractivity contribution >= 4 is 0 Å². The van der Waals surface area contributed by atoms with Crippen LogP contribution in [0, 0.1) is 0 Å². The SMILES string of the molecule is C1CCNCC1.[Ru]. The number of piperidine rings is 1. The van der Waals surface area contributed by atoms with Crippen molar-refractivity contribution in [1.82, 2.24) is 5.32 Å². The van der Waals surface area contributed by atoms with Crippen LogP contribution in [0.5, 0.6) is 0 Å². The zero-order valence-corrected chi connectivity index (χ0v) is 6.13. The molecule has 1 nitrogen and oxygen atoms in total. The Kier molecular flexibility index (Phi) is 5.13. The summed E-state index contributed by atoms with van der Waals surface area (Å²) in [5, 5.41) is 3.28. The smallest absolute Gasteiger partial charge is 0 e. The average Bonchev–Trinajstić information content (AvgIpc) is 1.72. The van der Waals surface area contributed by atoms with Gasteiger partial charge in [0.05, 0.1) is 0 Å². The molecule has 1 rings (SSSR count). The van der Waals surface area contributed by atoms with E-state index in [1.54, 1.807) is 0 Å². The van der Waals surface area contributed by atoms with Gasteiger partial charge in [0.25, 0.3) is 0 Å². The second-order valence-corrected chi connectivity index (χ2v) is 1.81. The van der Waals surface area contributed by atoms with Crippen LogP contribution in [0.15, 0.2) is 0 Å². The molecule has 7 heavy (non-hydrogen) atoms. The van der Waals surface area contributed by atoms with Crippen LogP contribution in [0.25, 0.3) is 0 Å². The van der Waals surface area contributed by atoms with Crippen molar-refractivity contribution in [3.05, 3.63) is 0 Å². The molecule has 0 atom stereocenters. The third-order valence-corrected chi connectivity index (χ3v) is 1.21. The van der Waals surface area contributed by atoms with Crippen molar-refractivity contribution in [2.75, 3.05) is 13.1 Å². The second-order valence-electron chi connectivity index (χ2n) is 1.81. The molecule has 1 N–H and O–H groups in total. The third kappa shape index (κ3) is 3.19. The van der Waals surface area contributed by atoms with Crippen molar-refractivity contribution in [2.24, 2.45) is 0 Å². The van der Waals surface area contributed by atoms with Crippen LogP contribution in [0.3, 0.4) is 0 Å². The first-order valence-corrected chi connectivity index (χ1v) is 2.71. The van der Waals surface area contributed by atoms with E-state index in [-0.39, 0.29) is 19.5 Å². The molecule has 2 heteroatoms. The summed E-state index contributed by atoms with van der Waals surface area (Å²) in [6.07, 6.45) is 4.22. The predicted octanol–water partition coefficient (Wildman–Crippen LogP) is 0.757. The van der Waals surface area contributed by atoms with Gasteiger partial charge in [-0.2, -0.15) is 0 Å². The first kappa shape index (κ1) is 7.58. The van der Waals surface area contributed by atoms with Gasteiger partial charge in [0, 0.05) is 19.5 Å². The molecule has 44 valence electrons. The molecule has 0 amide bonds. The van der Waals surface area contributed by atoms with Gasteiger partial charge in [-0.25, -0.2) is 0 Å². The molecule has 0 aromatic heterocycles. The largest absolute Gasteiger partial charge is 0.317 e. The van der Waals surface area contributed by atoms with E-state index in [0.717, 1.165) is 0 Å². The summed E-state index contributed by atoms with van der Waals surface area (Å²) in [5.74, 6) is 0. The minimum Gasteiger partial charge on any atom is -0.317 e. The maximum atomic E-state index is 3.28. The fraction of sp³-hybridized carbons (Fsp3) is 1.00. The molecule has 0 spiro atoms. The van der Waals surface area contributed by atoms with Gasteiger partial charge in [-0.15, -0.1) is 0 Å². The van der Waals surface area contributed by atoms with Crippen LogP contribution < -0.4 is 5.32 Å². The Morgan fingerprint density at radius 3 is 1.57 bits per heavy atom. The molecule has 0 saturated carbocycles. The molecule has 0 bridgehead atoms. The molecule has 1 aliphatic rings. The summed E-state index contributed by atoms with van der Waals surface area (Å²) in [6.45, 7) is 2.50. The van der Waals surface area contributed by atoms with Gasteiger partial charge in [0.1, 0.15) is 0 Å². The average molecular weight is 186 g/mol. The summed E-state index contributed by atoms with van der Waals surface area (Å²) in [6, 6.07) is 0. The predicted molar refractivity (Wildman–Crippen MR) is 26.7 cm³/mol. The van der Waals surface area contributed by atoms with Gasteiger partial charge < -0.3 is 5.32 Å². The van der Waals surface area contributed by atoms with E-state index in [4.69, 9.17) is 0 Å². The zero-order chi connectivity index (χ0) is 4.24. The van der Waals surface area contributed by atoms with Crippen LogP contribution in [-0.4, -0.2) is 13.1 Å². The van der Waals surface area contributed by atoms with Crippen LogP contribution in [0.4, 0.5) is 0 Å². The quantitative estimate of drug-likeness (QED) is 0.551. The van der Waals surface area contributed by atoms with E-state index < -0.39 is 0 Å². The van der Waals surface area contributed by atoms with Crippen molar-refractivity contribution in [3.8, 4) is 0 Å². The number of rotatable bonds is 0. The second kappa shape index (κ2) is 4.74. The first-order valence-electron chi connectivity index (χ1n) is 2.71. The Labute approximate surface area is 57.6 Å². The van der Waals surface area contributed by atoms with Crippen molar-refractivity contribution in [1.29, 1.82) is 0 Å². The minimum atomic E-state index is 0. The van der Waals surface area contributed by atoms with Crippen molar-refractivity contribution < 1.29 is 19.5 Å². The topological polar surface area (TPSA) is 12.0 Å². The molecule has 0 radical (unpaired) electrons. The number of hydrogen-bond donors (Lipinski definition) is 1. The van der Waals surface area contributed by atoms with Crippen LogP contribution in [0.2, 0.25) is 0 Å². The Balaban J connectivity index is 0.000000360. The molecule has 1 saturated heterocycles. The zero-order valence-electron chi connectivity index (χ0n) is 4.39. The Bertz CT molecular complexity index is 23.6. The summed E-state index contributed by atoms with van der Waals surface area (Å²) >= 11 is 0. The monoisotopic (exact) mass is 187 g/mol. The van der Waals surface area contributed by atoms with Gasteiger partial charge in [-0.3, -0.25) is 0 Å². The van der Waals surface area contributed by atoms with Crippen molar-refractivity contribution in [2.45, 2.75) is 19.3 Å². The van der Waals surface area contributed by atoms with Gasteiger partial charge in [-0.1, -0.05) is 6.42 Å². The molecule has 1 aliphatic heterocycles. The minimum absolute atomic E-state index is 0. The molecular formula is C5H11NRu. The van der Waals surface area contributed by atoms with Gasteiger partial charge >= 0.3 is 0 Å². The summed E-state index contributed by atoms with van der Waals surface area (Å²) in [5.41, 5.74) is 0. The van der Waals surface area contributed by atoms with Crippen LogP contribution >= 0.6 is 0 Å². The summed E-state index contributed by atoms with van der Waals surface area (Å²) < 4.78 is 0. The van der Waals surface area contributed by atoms with Crippen LogP contribution in [-0.2, 0) is 19.5 Å². The number of nitrogens with one attached hydrogen (secondary N) is 1. The van der Waals surface area contributed by atoms with E-state index in [2.05, 4.69) is 5.32 Å². The third-order valence-electron chi connectivity index (χ3n) is 1.21. The van der Waals surface area contributed by atoms with Gasteiger partial charge in [-0.05, 0) is 25.9 Å². The van der Waals surface area contributed by atoms with E-state index in [0.29, 0.717) is 0 Å². The molecule has 0 aromatic carbocycles. The maximum absolute atomic E-state index is 3.28. The van der Waals surface area contributed by atoms with Crippen molar-refractivity contribution in [3.63, 3.8) is 0 Å². The van der Waals surface area contributed by atoms with E-state index in [1.807, 2.05) is 0 Å². The Morgan fingerprint density at radius 2 is 1.43 bits per heavy atom. The van der Waals surface area contributed by atoms with Gasteiger partial charge in [0.2, 0.25) is 0 Å². The van der Waals surface area contributed by atoms with Crippen LogP contribution in [0.1, 0.15) is 19.3 Å². The maximum Gasteiger partial charge on any atom is 0 e. The standard InChI is InChI=1S/C5H11N.Ru/c1-2-4-6-5-3-1;/h6H,1-5H2;. The molecule has 0 aromatic rings. The molecule has 0 aliphatic carbocycles. The first-order chi connectivity index (χ1) is 3.00.